The van der Waals surface area contributed by atoms with E-state index in [1.807, 2.05) is 6.20 Å². The van der Waals surface area contributed by atoms with Gasteiger partial charge in [0.2, 0.25) is 0 Å². The molecular weight excluding hydrogens is 358 g/mol. The van der Waals surface area contributed by atoms with Gasteiger partial charge in [-0.1, -0.05) is 60.0 Å². The number of ether oxygens (including phenoxy) is 1. The average molecular weight is 388 g/mol. The quantitative estimate of drug-likeness (QED) is 0.440. The summed E-state index contributed by atoms with van der Waals surface area (Å²) in [5.41, 5.74) is 5.05. The predicted molar refractivity (Wildman–Crippen MR) is 118 cm³/mol. The molecule has 1 heterocycles. The van der Waals surface area contributed by atoms with E-state index in [4.69, 9.17) is 4.74 Å². The summed E-state index contributed by atoms with van der Waals surface area (Å²) in [5, 5.41) is -0.377. The second-order valence-electron chi connectivity index (χ2n) is 6.95. The van der Waals surface area contributed by atoms with Crippen molar-refractivity contribution in [2.45, 2.75) is 45.1 Å². The molecule has 1 aromatic carbocycles. The van der Waals surface area contributed by atoms with Crippen LogP contribution in [0.1, 0.15) is 39.2 Å². The molecule has 0 bridgehead atoms. The standard InChI is InChI=1S/C21H30N2OP2/c1-16(2)6-4-7-17(3)10-13-24-21(25,26)15-18-8-5-9-19(14-18)20-22-11-12-23-20/h5-6,8-12,14H,4,7,13,15,25-26H2,1-3H3,(H,22,23)/b17-10+. The number of H-pyrrole nitrogens is 1. The molecule has 2 atom stereocenters. The lowest BCUT2D eigenvalue weighted by atomic mass is 10.1. The van der Waals surface area contributed by atoms with Crippen LogP contribution in [-0.4, -0.2) is 21.7 Å². The molecule has 5 heteroatoms. The van der Waals surface area contributed by atoms with Crippen molar-refractivity contribution in [3.05, 3.63) is 65.5 Å². The van der Waals surface area contributed by atoms with Gasteiger partial charge in [0.1, 0.15) is 5.82 Å². The van der Waals surface area contributed by atoms with Crippen LogP contribution in [0.4, 0.5) is 0 Å². The van der Waals surface area contributed by atoms with Gasteiger partial charge in [0.05, 0.1) is 11.7 Å². The van der Waals surface area contributed by atoms with Gasteiger partial charge in [-0.05, 0) is 45.2 Å². The van der Waals surface area contributed by atoms with Crippen molar-refractivity contribution in [3.8, 4) is 11.4 Å². The Morgan fingerprint density at radius 3 is 2.73 bits per heavy atom. The van der Waals surface area contributed by atoms with Gasteiger partial charge in [-0.15, -0.1) is 0 Å². The molecule has 0 fully saturated rings. The Kier molecular flexibility index (Phi) is 8.22. The fraction of sp³-hybridized carbons (Fsp3) is 0.381. The summed E-state index contributed by atoms with van der Waals surface area (Å²) >= 11 is 0. The summed E-state index contributed by atoms with van der Waals surface area (Å²) in [4.78, 5) is 7.47. The molecule has 2 aromatic rings. The third-order valence-corrected chi connectivity index (χ3v) is 4.80. The van der Waals surface area contributed by atoms with E-state index in [1.54, 1.807) is 6.20 Å². The minimum atomic E-state index is -0.377. The van der Waals surface area contributed by atoms with Crippen molar-refractivity contribution in [3.63, 3.8) is 0 Å². The zero-order valence-electron chi connectivity index (χ0n) is 16.0. The van der Waals surface area contributed by atoms with Gasteiger partial charge in [0.25, 0.3) is 0 Å². The maximum atomic E-state index is 6.07. The van der Waals surface area contributed by atoms with Crippen molar-refractivity contribution < 1.29 is 4.74 Å². The van der Waals surface area contributed by atoms with Gasteiger partial charge < -0.3 is 9.72 Å². The molecule has 0 aliphatic heterocycles. The summed E-state index contributed by atoms with van der Waals surface area (Å²) in [7, 11) is 5.63. The number of hydrogen-bond donors (Lipinski definition) is 1. The molecule has 0 aliphatic rings. The van der Waals surface area contributed by atoms with Crippen LogP contribution in [0.15, 0.2) is 60.0 Å². The van der Waals surface area contributed by atoms with Crippen molar-refractivity contribution in [2.24, 2.45) is 0 Å². The highest BCUT2D eigenvalue weighted by Gasteiger charge is 2.19. The number of nitrogens with one attached hydrogen (secondary N) is 1. The average Bonchev–Trinajstić information content (AvgIpc) is 3.08. The fourth-order valence-electron chi connectivity index (χ4n) is 2.65. The zero-order chi connectivity index (χ0) is 19.0. The van der Waals surface area contributed by atoms with Crippen molar-refractivity contribution in [2.75, 3.05) is 6.61 Å². The van der Waals surface area contributed by atoms with Crippen LogP contribution in [0.5, 0.6) is 0 Å². The number of imidazole rings is 1. The first kappa shape index (κ1) is 21.0. The molecule has 1 N–H and O–H groups in total. The molecular formula is C21H30N2OP2. The van der Waals surface area contributed by atoms with Crippen LogP contribution in [-0.2, 0) is 11.2 Å². The van der Waals surface area contributed by atoms with Crippen molar-refractivity contribution >= 4 is 18.5 Å². The lowest BCUT2D eigenvalue weighted by Gasteiger charge is -2.24. The maximum absolute atomic E-state index is 6.07. The van der Waals surface area contributed by atoms with Crippen LogP contribution in [0, 0.1) is 0 Å². The first-order valence-corrected chi connectivity index (χ1v) is 10.1. The minimum Gasteiger partial charge on any atom is -0.363 e. The second-order valence-corrected chi connectivity index (χ2v) is 9.57. The van der Waals surface area contributed by atoms with Gasteiger partial charge >= 0.3 is 0 Å². The highest BCUT2D eigenvalue weighted by molar-refractivity contribution is 7.39. The van der Waals surface area contributed by atoms with E-state index in [0.717, 1.165) is 30.7 Å². The van der Waals surface area contributed by atoms with Gasteiger partial charge in [0.15, 0.2) is 0 Å². The number of rotatable bonds is 9. The highest BCUT2D eigenvalue weighted by Crippen LogP contribution is 2.33. The van der Waals surface area contributed by atoms with Crippen LogP contribution in [0.25, 0.3) is 11.4 Å². The summed E-state index contributed by atoms with van der Waals surface area (Å²) in [6, 6.07) is 8.41. The van der Waals surface area contributed by atoms with E-state index < -0.39 is 0 Å². The number of nitrogens with zero attached hydrogens (tertiary/aromatic N) is 1. The van der Waals surface area contributed by atoms with Crippen LogP contribution in [0.2, 0.25) is 0 Å². The smallest absolute Gasteiger partial charge is 0.137 e. The molecule has 140 valence electrons. The number of aromatic amines is 1. The Labute approximate surface area is 162 Å². The van der Waals surface area contributed by atoms with Gasteiger partial charge in [-0.3, -0.25) is 0 Å². The minimum absolute atomic E-state index is 0.377. The Hall–Kier alpha value is -1.27. The summed E-state index contributed by atoms with van der Waals surface area (Å²) in [5.74, 6) is 0.890. The molecule has 0 saturated carbocycles. The van der Waals surface area contributed by atoms with Gasteiger partial charge in [-0.2, -0.15) is 0 Å². The highest BCUT2D eigenvalue weighted by atomic mass is 31.1. The Morgan fingerprint density at radius 2 is 2.04 bits per heavy atom. The molecule has 26 heavy (non-hydrogen) atoms. The topological polar surface area (TPSA) is 37.9 Å². The summed E-state index contributed by atoms with van der Waals surface area (Å²) < 4.78 is 6.07. The second kappa shape index (κ2) is 10.2. The third-order valence-electron chi connectivity index (χ3n) is 4.05. The van der Waals surface area contributed by atoms with Crippen molar-refractivity contribution in [1.29, 1.82) is 0 Å². The molecule has 2 rings (SSSR count). The van der Waals surface area contributed by atoms with E-state index in [-0.39, 0.29) is 5.08 Å². The Morgan fingerprint density at radius 1 is 1.23 bits per heavy atom. The van der Waals surface area contributed by atoms with E-state index in [0.29, 0.717) is 6.61 Å². The Bertz CT molecular complexity index is 745. The number of hydrogen-bond acceptors (Lipinski definition) is 2. The lowest BCUT2D eigenvalue weighted by molar-refractivity contribution is 0.112. The summed E-state index contributed by atoms with van der Waals surface area (Å²) in [6.45, 7) is 7.06. The van der Waals surface area contributed by atoms with E-state index in [9.17, 15) is 0 Å². The molecule has 3 nitrogen and oxygen atoms in total. The first-order valence-electron chi connectivity index (χ1n) is 8.95. The van der Waals surface area contributed by atoms with Crippen molar-refractivity contribution in [1.82, 2.24) is 9.97 Å². The van der Waals surface area contributed by atoms with E-state index in [1.165, 1.54) is 16.7 Å². The lowest BCUT2D eigenvalue weighted by Crippen LogP contribution is -2.20. The largest absolute Gasteiger partial charge is 0.363 e. The number of benzene rings is 1. The van der Waals surface area contributed by atoms with Crippen LogP contribution in [0.3, 0.4) is 0 Å². The molecule has 2 unspecified atom stereocenters. The number of aromatic nitrogens is 2. The van der Waals surface area contributed by atoms with E-state index >= 15 is 0 Å². The van der Waals surface area contributed by atoms with Gasteiger partial charge in [-0.25, -0.2) is 4.98 Å². The normalized spacial score (nSPS) is 12.3. The van der Waals surface area contributed by atoms with Gasteiger partial charge in [0, 0.05) is 24.4 Å². The molecule has 1 aromatic heterocycles. The Balaban J connectivity index is 1.88. The number of allylic oxidation sites excluding steroid dienone is 3. The summed E-state index contributed by atoms with van der Waals surface area (Å²) in [6.07, 6.45) is 11.0. The van der Waals surface area contributed by atoms with E-state index in [2.05, 4.69) is 85.6 Å². The molecule has 0 aliphatic carbocycles. The third kappa shape index (κ3) is 7.54. The predicted octanol–water partition coefficient (Wildman–Crippen LogP) is 5.73. The van der Waals surface area contributed by atoms with Crippen LogP contribution >= 0.6 is 18.5 Å². The monoisotopic (exact) mass is 388 g/mol. The molecule has 0 radical (unpaired) electrons. The first-order chi connectivity index (χ1) is 12.4. The molecule has 0 spiro atoms. The zero-order valence-corrected chi connectivity index (χ0v) is 18.3. The maximum Gasteiger partial charge on any atom is 0.137 e. The van der Waals surface area contributed by atoms with Crippen LogP contribution < -0.4 is 0 Å². The SMILES string of the molecule is CC(C)=CCC/C(C)=C/COC(P)(P)Cc1cccc(-c2ncc[nH]2)c1. The fourth-order valence-corrected chi connectivity index (χ4v) is 3.32. The molecule has 0 saturated heterocycles. The molecule has 0 amide bonds.